The lowest BCUT2D eigenvalue weighted by Crippen LogP contribution is -2.50. The Hall–Kier alpha value is -2.21. The molecule has 0 bridgehead atoms. The monoisotopic (exact) mass is 359 g/mol. The fourth-order valence-corrected chi connectivity index (χ4v) is 3.89. The normalized spacial score (nSPS) is 15.9. The maximum absolute atomic E-state index is 13.9. The van der Waals surface area contributed by atoms with Gasteiger partial charge in [-0.1, -0.05) is 12.1 Å². The second kappa shape index (κ2) is 7.78. The Morgan fingerprint density at radius 1 is 1.08 bits per heavy atom. The van der Waals surface area contributed by atoms with E-state index in [-0.39, 0.29) is 17.0 Å². The molecule has 1 atom stereocenters. The van der Waals surface area contributed by atoms with Crippen LogP contribution in [0.2, 0.25) is 0 Å². The summed E-state index contributed by atoms with van der Waals surface area (Å²) in [6.45, 7) is 4.43. The molecule has 0 radical (unpaired) electrons. The number of benzene rings is 2. The van der Waals surface area contributed by atoms with Gasteiger partial charge >= 0.3 is 0 Å². The van der Waals surface area contributed by atoms with E-state index < -0.39 is 0 Å². The number of carbonyl (C=O) groups excluding carboxylic acids is 1. The number of nitrogen functional groups attached to an aromatic ring is 1. The van der Waals surface area contributed by atoms with Crippen LogP contribution in [0, 0.1) is 5.82 Å². The Bertz CT molecular complexity index is 730. The number of piperazine rings is 1. The lowest BCUT2D eigenvalue weighted by molar-refractivity contribution is -0.130. The first-order valence-corrected chi connectivity index (χ1v) is 9.23. The SMILES string of the molecule is C[C@H](Sc1ccc(N)cc1)C(=O)N1CCN(c2ccccc2F)CC1. The van der Waals surface area contributed by atoms with Crippen molar-refractivity contribution in [1.29, 1.82) is 0 Å². The molecule has 132 valence electrons. The van der Waals surface area contributed by atoms with Gasteiger partial charge in [0.1, 0.15) is 5.82 Å². The van der Waals surface area contributed by atoms with Gasteiger partial charge in [-0.15, -0.1) is 11.8 Å². The quantitative estimate of drug-likeness (QED) is 0.673. The Balaban J connectivity index is 1.56. The van der Waals surface area contributed by atoms with Gasteiger partial charge in [0.25, 0.3) is 0 Å². The second-order valence-electron chi connectivity index (χ2n) is 6.09. The fourth-order valence-electron chi connectivity index (χ4n) is 2.93. The van der Waals surface area contributed by atoms with Gasteiger partial charge in [-0.05, 0) is 43.3 Å². The van der Waals surface area contributed by atoms with E-state index in [1.165, 1.54) is 17.8 Å². The first-order valence-electron chi connectivity index (χ1n) is 8.35. The highest BCUT2D eigenvalue weighted by Gasteiger charge is 2.26. The Labute approximate surface area is 151 Å². The third-order valence-electron chi connectivity index (χ3n) is 4.33. The van der Waals surface area contributed by atoms with E-state index in [2.05, 4.69) is 0 Å². The molecule has 2 aromatic carbocycles. The lowest BCUT2D eigenvalue weighted by Gasteiger charge is -2.37. The summed E-state index contributed by atoms with van der Waals surface area (Å²) in [6, 6.07) is 14.3. The van der Waals surface area contributed by atoms with Crippen LogP contribution in [0.3, 0.4) is 0 Å². The lowest BCUT2D eigenvalue weighted by atomic mass is 10.2. The summed E-state index contributed by atoms with van der Waals surface area (Å²) >= 11 is 1.53. The first kappa shape index (κ1) is 17.6. The minimum Gasteiger partial charge on any atom is -0.399 e. The molecule has 2 aromatic rings. The van der Waals surface area contributed by atoms with Crippen LogP contribution in [0.25, 0.3) is 0 Å². The number of hydrogen-bond acceptors (Lipinski definition) is 4. The van der Waals surface area contributed by atoms with Crippen LogP contribution in [-0.4, -0.2) is 42.2 Å². The number of rotatable bonds is 4. The summed E-state index contributed by atoms with van der Waals surface area (Å²) in [5, 5.41) is -0.163. The van der Waals surface area contributed by atoms with Crippen molar-refractivity contribution in [1.82, 2.24) is 4.90 Å². The van der Waals surface area contributed by atoms with Gasteiger partial charge in [-0.25, -0.2) is 4.39 Å². The summed E-state index contributed by atoms with van der Waals surface area (Å²) in [5.74, 6) is -0.0930. The number of halogens is 1. The van der Waals surface area contributed by atoms with Crippen LogP contribution in [0.15, 0.2) is 53.4 Å². The molecule has 0 unspecified atom stereocenters. The van der Waals surface area contributed by atoms with Crippen molar-refractivity contribution in [3.63, 3.8) is 0 Å². The second-order valence-corrected chi connectivity index (χ2v) is 7.51. The van der Waals surface area contributed by atoms with Gasteiger partial charge < -0.3 is 15.5 Å². The van der Waals surface area contributed by atoms with Gasteiger partial charge in [0.2, 0.25) is 5.91 Å². The van der Waals surface area contributed by atoms with E-state index in [0.717, 1.165) is 4.90 Å². The summed E-state index contributed by atoms with van der Waals surface area (Å²) in [7, 11) is 0. The van der Waals surface area contributed by atoms with Gasteiger partial charge in [0.15, 0.2) is 0 Å². The van der Waals surface area contributed by atoms with Crippen molar-refractivity contribution < 1.29 is 9.18 Å². The van der Waals surface area contributed by atoms with E-state index in [0.29, 0.717) is 37.6 Å². The number of para-hydroxylation sites is 1. The van der Waals surface area contributed by atoms with Gasteiger partial charge in [0, 0.05) is 36.8 Å². The number of nitrogens with two attached hydrogens (primary N) is 1. The molecule has 1 heterocycles. The largest absolute Gasteiger partial charge is 0.399 e. The maximum atomic E-state index is 13.9. The third-order valence-corrected chi connectivity index (χ3v) is 5.42. The average Bonchev–Trinajstić information content (AvgIpc) is 2.63. The molecule has 0 spiro atoms. The first-order chi connectivity index (χ1) is 12.0. The predicted molar refractivity (Wildman–Crippen MR) is 101 cm³/mol. The summed E-state index contributed by atoms with van der Waals surface area (Å²) < 4.78 is 13.9. The number of thioether (sulfide) groups is 1. The zero-order valence-corrected chi connectivity index (χ0v) is 15.0. The molecule has 1 saturated heterocycles. The van der Waals surface area contributed by atoms with Crippen molar-refractivity contribution in [2.75, 3.05) is 36.8 Å². The Morgan fingerprint density at radius 3 is 2.36 bits per heavy atom. The van der Waals surface area contributed by atoms with E-state index in [9.17, 15) is 9.18 Å². The van der Waals surface area contributed by atoms with Crippen molar-refractivity contribution in [3.8, 4) is 0 Å². The highest BCUT2D eigenvalue weighted by atomic mass is 32.2. The summed E-state index contributed by atoms with van der Waals surface area (Å²) in [6.07, 6.45) is 0. The third kappa shape index (κ3) is 4.25. The van der Waals surface area contributed by atoms with Crippen LogP contribution in [0.5, 0.6) is 0 Å². The molecular formula is C19H22FN3OS. The molecule has 1 aliphatic rings. The van der Waals surface area contributed by atoms with Crippen LogP contribution < -0.4 is 10.6 Å². The van der Waals surface area contributed by atoms with Crippen molar-refractivity contribution in [3.05, 3.63) is 54.3 Å². The van der Waals surface area contributed by atoms with Crippen LogP contribution in [-0.2, 0) is 4.79 Å². The molecule has 0 saturated carbocycles. The zero-order chi connectivity index (χ0) is 17.8. The highest BCUT2D eigenvalue weighted by molar-refractivity contribution is 8.00. The smallest absolute Gasteiger partial charge is 0.235 e. The van der Waals surface area contributed by atoms with Gasteiger partial charge in [-0.2, -0.15) is 0 Å². The molecule has 25 heavy (non-hydrogen) atoms. The fraction of sp³-hybridized carbons (Fsp3) is 0.316. The van der Waals surface area contributed by atoms with Gasteiger partial charge in [0.05, 0.1) is 10.9 Å². The molecule has 1 aliphatic heterocycles. The van der Waals surface area contributed by atoms with E-state index in [1.54, 1.807) is 12.1 Å². The molecule has 1 amide bonds. The highest BCUT2D eigenvalue weighted by Crippen LogP contribution is 2.26. The average molecular weight is 359 g/mol. The summed E-state index contributed by atoms with van der Waals surface area (Å²) in [4.78, 5) is 17.6. The van der Waals surface area contributed by atoms with Crippen LogP contribution in [0.4, 0.5) is 15.8 Å². The number of carbonyl (C=O) groups is 1. The van der Waals surface area contributed by atoms with Crippen molar-refractivity contribution in [2.45, 2.75) is 17.1 Å². The Kier molecular flexibility index (Phi) is 5.48. The maximum Gasteiger partial charge on any atom is 0.235 e. The molecule has 0 aliphatic carbocycles. The van der Waals surface area contributed by atoms with E-state index in [4.69, 9.17) is 5.73 Å². The van der Waals surface area contributed by atoms with E-state index in [1.807, 2.05) is 47.1 Å². The predicted octanol–water partition coefficient (Wildman–Crippen LogP) is 3.24. The number of nitrogens with zero attached hydrogens (tertiary/aromatic N) is 2. The zero-order valence-electron chi connectivity index (χ0n) is 14.2. The molecule has 2 N–H and O–H groups in total. The van der Waals surface area contributed by atoms with E-state index >= 15 is 0 Å². The minimum atomic E-state index is -0.213. The number of hydrogen-bond donors (Lipinski definition) is 1. The van der Waals surface area contributed by atoms with Gasteiger partial charge in [-0.3, -0.25) is 4.79 Å². The van der Waals surface area contributed by atoms with Crippen molar-refractivity contribution in [2.24, 2.45) is 0 Å². The standard InChI is InChI=1S/C19H22FN3OS/c1-14(25-16-8-6-15(21)7-9-16)19(24)23-12-10-22(11-13-23)18-5-3-2-4-17(18)20/h2-9,14H,10-13,21H2,1H3/t14-/m0/s1. The molecule has 6 heteroatoms. The number of anilines is 2. The molecule has 1 fully saturated rings. The molecule has 3 rings (SSSR count). The van der Waals surface area contributed by atoms with Crippen LogP contribution in [0.1, 0.15) is 6.92 Å². The van der Waals surface area contributed by atoms with Crippen LogP contribution >= 0.6 is 11.8 Å². The Morgan fingerprint density at radius 2 is 1.72 bits per heavy atom. The minimum absolute atomic E-state index is 0.120. The molecular weight excluding hydrogens is 337 g/mol. The topological polar surface area (TPSA) is 49.6 Å². The number of amides is 1. The molecule has 0 aromatic heterocycles. The molecule has 4 nitrogen and oxygen atoms in total. The summed E-state index contributed by atoms with van der Waals surface area (Å²) in [5.41, 5.74) is 7.02. The van der Waals surface area contributed by atoms with Crippen molar-refractivity contribution >= 4 is 29.0 Å².